The van der Waals surface area contributed by atoms with E-state index in [0.29, 0.717) is 5.69 Å². The van der Waals surface area contributed by atoms with Gasteiger partial charge in [0.05, 0.1) is 21.4 Å². The zero-order valence-corrected chi connectivity index (χ0v) is 12.0. The summed E-state index contributed by atoms with van der Waals surface area (Å²) in [5, 5.41) is 3.57. The SMILES string of the molecule is Nc1c(Cl)ccc(S(=O)(=O)Nc2ccsc2)c1Cl. The molecular formula is C10H8Cl2N2O2S2. The fourth-order valence-corrected chi connectivity index (χ4v) is 3.77. The molecule has 0 aliphatic carbocycles. The van der Waals surface area contributed by atoms with Crippen LogP contribution in [0.2, 0.25) is 10.0 Å². The average molecular weight is 323 g/mol. The van der Waals surface area contributed by atoms with Crippen molar-refractivity contribution in [3.63, 3.8) is 0 Å². The molecule has 0 fully saturated rings. The summed E-state index contributed by atoms with van der Waals surface area (Å²) in [6.07, 6.45) is 0. The minimum absolute atomic E-state index is 0.0477. The van der Waals surface area contributed by atoms with E-state index < -0.39 is 10.0 Å². The molecule has 0 unspecified atom stereocenters. The van der Waals surface area contributed by atoms with Gasteiger partial charge in [-0.2, -0.15) is 11.3 Å². The smallest absolute Gasteiger partial charge is 0.263 e. The van der Waals surface area contributed by atoms with E-state index in [2.05, 4.69) is 4.72 Å². The van der Waals surface area contributed by atoms with E-state index in [1.807, 2.05) is 0 Å². The van der Waals surface area contributed by atoms with Gasteiger partial charge in [-0.25, -0.2) is 8.42 Å². The first-order valence-corrected chi connectivity index (χ1v) is 7.88. The van der Waals surface area contributed by atoms with Crippen molar-refractivity contribution in [2.45, 2.75) is 4.90 Å². The minimum Gasteiger partial charge on any atom is -0.396 e. The molecule has 18 heavy (non-hydrogen) atoms. The van der Waals surface area contributed by atoms with Gasteiger partial charge in [0.15, 0.2) is 0 Å². The highest BCUT2D eigenvalue weighted by atomic mass is 35.5. The highest BCUT2D eigenvalue weighted by Gasteiger charge is 2.20. The second kappa shape index (κ2) is 4.97. The van der Waals surface area contributed by atoms with Gasteiger partial charge in [-0.3, -0.25) is 4.72 Å². The maximum Gasteiger partial charge on any atom is 0.263 e. The van der Waals surface area contributed by atoms with Gasteiger partial charge in [0, 0.05) is 5.38 Å². The summed E-state index contributed by atoms with van der Waals surface area (Å²) in [5.74, 6) is 0. The number of nitrogen functional groups attached to an aromatic ring is 1. The average Bonchev–Trinajstić information content (AvgIpc) is 2.77. The molecule has 0 bridgehead atoms. The molecule has 96 valence electrons. The first kappa shape index (κ1) is 13.5. The van der Waals surface area contributed by atoms with Crippen LogP contribution in [-0.2, 0) is 10.0 Å². The molecular weight excluding hydrogens is 315 g/mol. The lowest BCUT2D eigenvalue weighted by Gasteiger charge is -2.10. The molecule has 0 aliphatic heterocycles. The number of nitrogens with two attached hydrogens (primary N) is 1. The van der Waals surface area contributed by atoms with Gasteiger partial charge in [-0.15, -0.1) is 0 Å². The molecule has 2 aromatic rings. The molecule has 3 N–H and O–H groups in total. The largest absolute Gasteiger partial charge is 0.396 e. The van der Waals surface area contributed by atoms with Crippen molar-refractivity contribution in [2.75, 3.05) is 10.5 Å². The van der Waals surface area contributed by atoms with Gasteiger partial charge < -0.3 is 5.73 Å². The first-order valence-electron chi connectivity index (χ1n) is 4.70. The highest BCUT2D eigenvalue weighted by Crippen LogP contribution is 2.33. The Hall–Kier alpha value is -0.950. The Kier molecular flexibility index (Phi) is 3.72. The van der Waals surface area contributed by atoms with Crippen molar-refractivity contribution in [3.05, 3.63) is 39.0 Å². The van der Waals surface area contributed by atoms with Gasteiger partial charge in [-0.05, 0) is 23.6 Å². The van der Waals surface area contributed by atoms with Gasteiger partial charge >= 0.3 is 0 Å². The number of sulfonamides is 1. The Labute approximate surface area is 118 Å². The second-order valence-corrected chi connectivity index (χ2v) is 6.61. The van der Waals surface area contributed by atoms with Crippen molar-refractivity contribution >= 4 is 55.9 Å². The number of hydrogen-bond acceptors (Lipinski definition) is 4. The summed E-state index contributed by atoms with van der Waals surface area (Å²) in [6.45, 7) is 0. The predicted molar refractivity (Wildman–Crippen MR) is 76.0 cm³/mol. The van der Waals surface area contributed by atoms with Gasteiger partial charge in [0.1, 0.15) is 4.90 Å². The van der Waals surface area contributed by atoms with Crippen LogP contribution in [0.4, 0.5) is 11.4 Å². The van der Waals surface area contributed by atoms with Crippen LogP contribution in [0, 0.1) is 0 Å². The third kappa shape index (κ3) is 2.56. The number of halogens is 2. The standard InChI is InChI=1S/C10H8Cl2N2O2S2/c11-7-1-2-8(9(12)10(7)13)18(15,16)14-6-3-4-17-5-6/h1-5,14H,13H2. The molecule has 0 amide bonds. The van der Waals surface area contributed by atoms with E-state index >= 15 is 0 Å². The van der Waals surface area contributed by atoms with Crippen LogP contribution in [0.5, 0.6) is 0 Å². The van der Waals surface area contributed by atoms with Crippen LogP contribution in [0.3, 0.4) is 0 Å². The highest BCUT2D eigenvalue weighted by molar-refractivity contribution is 7.92. The lowest BCUT2D eigenvalue weighted by atomic mass is 10.3. The van der Waals surface area contributed by atoms with Crippen LogP contribution in [0.25, 0.3) is 0 Å². The van der Waals surface area contributed by atoms with E-state index in [1.165, 1.54) is 23.5 Å². The van der Waals surface area contributed by atoms with Crippen LogP contribution in [0.1, 0.15) is 0 Å². The van der Waals surface area contributed by atoms with Crippen LogP contribution in [0.15, 0.2) is 33.9 Å². The second-order valence-electron chi connectivity index (χ2n) is 3.39. The Morgan fingerprint density at radius 1 is 1.22 bits per heavy atom. The fraction of sp³-hybridized carbons (Fsp3) is 0. The molecule has 0 saturated carbocycles. The quantitative estimate of drug-likeness (QED) is 0.850. The Morgan fingerprint density at radius 3 is 2.56 bits per heavy atom. The topological polar surface area (TPSA) is 72.2 Å². The van der Waals surface area contributed by atoms with E-state index in [9.17, 15) is 8.42 Å². The monoisotopic (exact) mass is 322 g/mol. The molecule has 1 aromatic heterocycles. The molecule has 2 rings (SSSR count). The summed E-state index contributed by atoms with van der Waals surface area (Å²) in [5.41, 5.74) is 6.12. The predicted octanol–water partition coefficient (Wildman–Crippen LogP) is 3.44. The van der Waals surface area contributed by atoms with E-state index in [-0.39, 0.29) is 20.6 Å². The van der Waals surface area contributed by atoms with Crippen molar-refractivity contribution in [2.24, 2.45) is 0 Å². The molecule has 1 aromatic carbocycles. The molecule has 0 aliphatic rings. The Morgan fingerprint density at radius 2 is 1.94 bits per heavy atom. The molecule has 0 atom stereocenters. The Balaban J connectivity index is 2.45. The van der Waals surface area contributed by atoms with Crippen molar-refractivity contribution in [3.8, 4) is 0 Å². The maximum absolute atomic E-state index is 12.1. The normalized spacial score (nSPS) is 11.4. The van der Waals surface area contributed by atoms with E-state index in [1.54, 1.807) is 16.8 Å². The van der Waals surface area contributed by atoms with Gasteiger partial charge in [0.25, 0.3) is 10.0 Å². The van der Waals surface area contributed by atoms with Crippen molar-refractivity contribution in [1.82, 2.24) is 0 Å². The molecule has 0 saturated heterocycles. The lowest BCUT2D eigenvalue weighted by molar-refractivity contribution is 0.601. The zero-order chi connectivity index (χ0) is 13.3. The molecule has 0 radical (unpaired) electrons. The van der Waals surface area contributed by atoms with Gasteiger partial charge in [0.2, 0.25) is 0 Å². The number of rotatable bonds is 3. The van der Waals surface area contributed by atoms with E-state index in [0.717, 1.165) is 0 Å². The van der Waals surface area contributed by atoms with Gasteiger partial charge in [-0.1, -0.05) is 23.2 Å². The molecule has 0 spiro atoms. The summed E-state index contributed by atoms with van der Waals surface area (Å²) < 4.78 is 26.6. The first-order chi connectivity index (χ1) is 8.42. The number of nitrogens with one attached hydrogen (secondary N) is 1. The summed E-state index contributed by atoms with van der Waals surface area (Å²) >= 11 is 13.0. The summed E-state index contributed by atoms with van der Waals surface area (Å²) in [6, 6.07) is 4.36. The van der Waals surface area contributed by atoms with Crippen molar-refractivity contribution in [1.29, 1.82) is 0 Å². The minimum atomic E-state index is -3.77. The Bertz CT molecular complexity index is 669. The maximum atomic E-state index is 12.1. The zero-order valence-electron chi connectivity index (χ0n) is 8.85. The molecule has 8 heteroatoms. The fourth-order valence-electron chi connectivity index (χ4n) is 1.29. The van der Waals surface area contributed by atoms with Crippen LogP contribution in [-0.4, -0.2) is 8.42 Å². The lowest BCUT2D eigenvalue weighted by Crippen LogP contribution is -2.13. The van der Waals surface area contributed by atoms with Crippen LogP contribution >= 0.6 is 34.5 Å². The summed E-state index contributed by atoms with van der Waals surface area (Å²) in [4.78, 5) is -0.0998. The van der Waals surface area contributed by atoms with Crippen LogP contribution < -0.4 is 10.5 Å². The third-order valence-electron chi connectivity index (χ3n) is 2.15. The summed E-state index contributed by atoms with van der Waals surface area (Å²) in [7, 11) is -3.77. The number of hydrogen-bond donors (Lipinski definition) is 2. The van der Waals surface area contributed by atoms with E-state index in [4.69, 9.17) is 28.9 Å². The van der Waals surface area contributed by atoms with Crippen molar-refractivity contribution < 1.29 is 8.42 Å². The number of benzene rings is 1. The molecule has 4 nitrogen and oxygen atoms in total. The number of anilines is 2. The third-order valence-corrected chi connectivity index (χ3v) is 5.11. The molecule has 1 heterocycles. The number of thiophene rings is 1.